The molecule has 1 amide bonds. The zero-order valence-corrected chi connectivity index (χ0v) is 38.5. The van der Waals surface area contributed by atoms with Crippen molar-refractivity contribution in [3.05, 3.63) is 109 Å². The van der Waals surface area contributed by atoms with Gasteiger partial charge in [-0.25, -0.2) is 18.4 Å². The first-order valence-electron chi connectivity index (χ1n) is 22.3. The molecule has 1 saturated heterocycles. The van der Waals surface area contributed by atoms with E-state index in [0.29, 0.717) is 24.3 Å². The molecule has 4 aromatic rings. The molecule has 360 valence electrons. The topological polar surface area (TPSA) is 248 Å². The Labute approximate surface area is 397 Å². The maximum absolute atomic E-state index is 16.1. The first-order chi connectivity index (χ1) is 32.6. The number of carbonyl (C=O) groups is 5. The van der Waals surface area contributed by atoms with Crippen LogP contribution in [0.25, 0.3) is 16.7 Å². The van der Waals surface area contributed by atoms with Crippen LogP contribution in [0.15, 0.2) is 70.4 Å². The number of rotatable bonds is 9. The van der Waals surface area contributed by atoms with Gasteiger partial charge in [-0.2, -0.15) is 0 Å². The second-order valence-electron chi connectivity index (χ2n) is 19.4. The van der Waals surface area contributed by atoms with Crippen molar-refractivity contribution < 1.29 is 57.5 Å². The maximum atomic E-state index is 16.1. The van der Waals surface area contributed by atoms with Crippen LogP contribution in [0.3, 0.4) is 0 Å². The molecular weight excluding hydrogens is 922 g/mol. The summed E-state index contributed by atoms with van der Waals surface area (Å²) in [5.74, 6) is -11.3. The molecule has 1 aliphatic heterocycles. The molecule has 10 rings (SSSR count). The first kappa shape index (κ1) is 46.1. The Morgan fingerprint density at radius 2 is 1.62 bits per heavy atom. The number of carbonyl (C=O) groups excluding carboxylic acids is 5. The summed E-state index contributed by atoms with van der Waals surface area (Å²) >= 11 is 6.90. The van der Waals surface area contributed by atoms with Crippen LogP contribution in [0.5, 0.6) is 11.5 Å². The van der Waals surface area contributed by atoms with E-state index in [-0.39, 0.29) is 80.5 Å². The van der Waals surface area contributed by atoms with Crippen LogP contribution >= 0.6 is 11.6 Å². The number of anilines is 2. The number of esters is 2. The number of alkyl halides is 1. The summed E-state index contributed by atoms with van der Waals surface area (Å²) in [7, 11) is 6.47. The Bertz CT molecular complexity index is 3150. The normalized spacial score (nSPS) is 26.6. The second-order valence-corrected chi connectivity index (χ2v) is 19.8. The van der Waals surface area contributed by atoms with Crippen molar-refractivity contribution in [3.8, 4) is 11.5 Å². The van der Waals surface area contributed by atoms with Crippen LogP contribution < -0.4 is 36.2 Å². The Morgan fingerprint density at radius 3 is 2.25 bits per heavy atom. The Kier molecular flexibility index (Phi) is 10.6. The largest absolute Gasteiger partial charge is 0.508 e. The average Bonchev–Trinajstić information content (AvgIpc) is 4.20. The van der Waals surface area contributed by atoms with Gasteiger partial charge in [-0.3, -0.25) is 24.1 Å². The number of amides is 1. The van der Waals surface area contributed by atoms with E-state index in [2.05, 4.69) is 0 Å². The number of benzene rings is 3. The third kappa shape index (κ3) is 6.87. The molecule has 7 N–H and O–H groups in total. The number of para-hydroxylation sites is 1. The molecule has 4 fully saturated rings. The third-order valence-electron chi connectivity index (χ3n) is 14.9. The highest BCUT2D eigenvalue weighted by atomic mass is 35.5. The SMILES string of the molecule is CN(C)c1ccc(OC(=O)c2ccccc2OC(=O)c2cn(C3C[C@@H]3F)c3c(Cl)c(N4C[C@@H](N)C5(CC5)C4)c(F)cc3c2=O)c2c1C[C@@H]1C[C@@H]3[C@@H](N(C)C)C(=O)C(C(N)=O)=C(O)[C@]3(O)C(=O)C1=C2O. The fraction of sp³-hybridized carbons (Fsp3) is 0.388. The Hall–Kier alpha value is -6.67. The second kappa shape index (κ2) is 15.9. The van der Waals surface area contributed by atoms with Crippen molar-refractivity contribution in [1.29, 1.82) is 0 Å². The number of hydrogen-bond acceptors (Lipinski definition) is 15. The lowest BCUT2D eigenvalue weighted by Crippen LogP contribution is -2.65. The van der Waals surface area contributed by atoms with Gasteiger partial charge in [-0.1, -0.05) is 23.7 Å². The lowest BCUT2D eigenvalue weighted by atomic mass is 9.57. The molecule has 3 aromatic carbocycles. The number of halogens is 3. The number of primary amides is 1. The van der Waals surface area contributed by atoms with Crippen molar-refractivity contribution in [3.63, 3.8) is 0 Å². The van der Waals surface area contributed by atoms with E-state index >= 15 is 4.39 Å². The monoisotopic (exact) mass is 968 g/mol. The number of aromatic nitrogens is 1. The standard InChI is InChI=1S/C49H47ClF2N6O11/c1-55(2)28-9-10-31(34-22(28)13-20-14-25-38(56(3)4)42(61)35(45(54)64)44(63)49(25,67)43(62)33(20)41(34)60)69-46(65)21-7-5-6-8-30(21)68-47(66)24-17-58(29-16-26(29)51)37-23(40(24)59)15-27(52)39(36(37)50)57-18-32(53)48(19-57)11-12-48/h5-10,15,17,20,25-26,29,32,38,60,63,67H,11-14,16,18-19,53H2,1-4H3,(H2,54,64)/t20-,25-,26+,29?,32-,38-,49-/m1/s1. The lowest BCUT2D eigenvalue weighted by molar-refractivity contribution is -0.153. The van der Waals surface area contributed by atoms with E-state index in [9.17, 15) is 48.5 Å². The molecule has 0 radical (unpaired) electrons. The van der Waals surface area contributed by atoms with Crippen molar-refractivity contribution in [2.24, 2.45) is 28.7 Å². The minimum atomic E-state index is -2.85. The number of Topliss-reactive ketones (excluding diaryl/α,β-unsaturated/α-hetero) is 2. The van der Waals surface area contributed by atoms with Gasteiger partial charge in [0.1, 0.15) is 51.7 Å². The number of nitrogens with two attached hydrogens (primary N) is 2. The summed E-state index contributed by atoms with van der Waals surface area (Å²) < 4.78 is 43.9. The number of nitrogens with zero attached hydrogens (tertiary/aromatic N) is 4. The molecule has 1 spiro atoms. The number of ether oxygens (including phenoxy) is 2. The first-order valence-corrected chi connectivity index (χ1v) is 22.7. The van der Waals surface area contributed by atoms with Gasteiger partial charge in [0.15, 0.2) is 11.4 Å². The van der Waals surface area contributed by atoms with E-state index in [4.69, 9.17) is 32.5 Å². The van der Waals surface area contributed by atoms with E-state index in [0.717, 1.165) is 25.1 Å². The molecular formula is C49H47ClF2N6O11. The minimum absolute atomic E-state index is 0.0263. The molecule has 17 nitrogen and oxygen atoms in total. The molecule has 5 aliphatic carbocycles. The van der Waals surface area contributed by atoms with Gasteiger partial charge in [0, 0.05) is 68.4 Å². The van der Waals surface area contributed by atoms with Gasteiger partial charge < -0.3 is 50.6 Å². The van der Waals surface area contributed by atoms with Gasteiger partial charge in [-0.05, 0) is 81.6 Å². The van der Waals surface area contributed by atoms with Gasteiger partial charge in [0.25, 0.3) is 5.91 Å². The smallest absolute Gasteiger partial charge is 0.349 e. The zero-order valence-electron chi connectivity index (χ0n) is 37.7. The zero-order chi connectivity index (χ0) is 49.5. The van der Waals surface area contributed by atoms with Crippen LogP contribution in [0, 0.1) is 23.1 Å². The molecule has 6 aliphatic rings. The molecule has 3 saturated carbocycles. The highest BCUT2D eigenvalue weighted by Crippen LogP contribution is 2.56. The quantitative estimate of drug-likeness (QED) is 0.0901. The highest BCUT2D eigenvalue weighted by Gasteiger charge is 2.64. The predicted octanol–water partition coefficient (Wildman–Crippen LogP) is 4.08. The summed E-state index contributed by atoms with van der Waals surface area (Å²) in [5, 5.41) is 35.1. The maximum Gasteiger partial charge on any atom is 0.349 e. The van der Waals surface area contributed by atoms with Crippen molar-refractivity contribution in [1.82, 2.24) is 9.47 Å². The number of aliphatic hydroxyl groups is 3. The predicted molar refractivity (Wildman–Crippen MR) is 247 cm³/mol. The molecule has 7 atom stereocenters. The van der Waals surface area contributed by atoms with Crippen LogP contribution in [-0.2, 0) is 20.8 Å². The van der Waals surface area contributed by atoms with Gasteiger partial charge >= 0.3 is 11.9 Å². The summed E-state index contributed by atoms with van der Waals surface area (Å²) in [6.07, 6.45) is 1.50. The Balaban J connectivity index is 0.993. The van der Waals surface area contributed by atoms with Crippen molar-refractivity contribution in [2.45, 2.75) is 62.0 Å². The summed E-state index contributed by atoms with van der Waals surface area (Å²) in [5.41, 5.74) is 6.63. The van der Waals surface area contributed by atoms with Crippen LogP contribution in [0.2, 0.25) is 5.02 Å². The summed E-state index contributed by atoms with van der Waals surface area (Å²) in [4.78, 5) is 87.8. The molecule has 20 heteroatoms. The number of hydrogen-bond donors (Lipinski definition) is 5. The molecule has 69 heavy (non-hydrogen) atoms. The highest BCUT2D eigenvalue weighted by molar-refractivity contribution is 6.38. The van der Waals surface area contributed by atoms with Gasteiger partial charge in [0.2, 0.25) is 11.2 Å². The number of ketones is 2. The Morgan fingerprint density at radius 1 is 0.957 bits per heavy atom. The number of aliphatic hydroxyl groups excluding tert-OH is 2. The number of fused-ring (bicyclic) bond motifs is 4. The minimum Gasteiger partial charge on any atom is -0.508 e. The van der Waals surface area contributed by atoms with Crippen molar-refractivity contribution in [2.75, 3.05) is 51.1 Å². The number of likely N-dealkylation sites (N-methyl/N-ethyl adjacent to an activating group) is 1. The summed E-state index contributed by atoms with van der Waals surface area (Å²) in [6.45, 7) is 0.785. The van der Waals surface area contributed by atoms with E-state index < -0.39 is 99.0 Å². The fourth-order valence-electron chi connectivity index (χ4n) is 11.2. The molecule has 1 unspecified atom stereocenters. The molecule has 0 bridgehead atoms. The lowest BCUT2D eigenvalue weighted by Gasteiger charge is -2.50. The van der Waals surface area contributed by atoms with E-state index in [1.807, 2.05) is 0 Å². The summed E-state index contributed by atoms with van der Waals surface area (Å²) in [6, 6.07) is 7.04. The van der Waals surface area contributed by atoms with Gasteiger partial charge in [0.05, 0.1) is 39.3 Å². The average molecular weight is 969 g/mol. The van der Waals surface area contributed by atoms with Crippen LogP contribution in [0.1, 0.15) is 63.6 Å². The number of pyridine rings is 1. The van der Waals surface area contributed by atoms with Gasteiger partial charge in [-0.15, -0.1) is 0 Å². The van der Waals surface area contributed by atoms with Crippen molar-refractivity contribution >= 4 is 69.1 Å². The molecule has 1 aromatic heterocycles. The van der Waals surface area contributed by atoms with E-state index in [1.165, 1.54) is 53.9 Å². The third-order valence-corrected chi connectivity index (χ3v) is 15.3. The fourth-order valence-corrected chi connectivity index (χ4v) is 11.6. The van der Waals surface area contributed by atoms with E-state index in [1.54, 1.807) is 30.0 Å². The van der Waals surface area contributed by atoms with Crippen LogP contribution in [0.4, 0.5) is 20.2 Å². The molecule has 2 heterocycles. The van der Waals surface area contributed by atoms with Crippen LogP contribution in [-0.4, -0.2) is 119 Å².